The zero-order valence-electron chi connectivity index (χ0n) is 22.0. The van der Waals surface area contributed by atoms with E-state index in [0.29, 0.717) is 6.54 Å². The predicted octanol–water partition coefficient (Wildman–Crippen LogP) is 3.50. The Morgan fingerprint density at radius 3 is 2.51 bits per heavy atom. The number of carbonyl (C=O) groups is 2. The van der Waals surface area contributed by atoms with Gasteiger partial charge in [-0.25, -0.2) is 18.6 Å². The number of piperazine rings is 1. The van der Waals surface area contributed by atoms with E-state index >= 15 is 4.39 Å². The van der Waals surface area contributed by atoms with Gasteiger partial charge in [-0.3, -0.25) is 4.79 Å². The van der Waals surface area contributed by atoms with E-state index in [4.69, 9.17) is 16.3 Å². The molecule has 0 saturated carbocycles. The molecule has 0 bridgehead atoms. The number of anilines is 1. The van der Waals surface area contributed by atoms with Crippen LogP contribution in [0.3, 0.4) is 0 Å². The van der Waals surface area contributed by atoms with Crippen LogP contribution >= 0.6 is 11.6 Å². The Balaban J connectivity index is 1.73. The van der Waals surface area contributed by atoms with E-state index in [0.717, 1.165) is 18.6 Å². The summed E-state index contributed by atoms with van der Waals surface area (Å²) < 4.78 is 35.5. The van der Waals surface area contributed by atoms with E-state index in [9.17, 15) is 24.2 Å². The summed E-state index contributed by atoms with van der Waals surface area (Å²) in [7, 11) is 3.90. The molecule has 5 rings (SSSR count). The maximum atomic E-state index is 15.1. The van der Waals surface area contributed by atoms with Crippen LogP contribution in [0.5, 0.6) is 11.5 Å². The predicted molar refractivity (Wildman–Crippen MR) is 140 cm³/mol. The summed E-state index contributed by atoms with van der Waals surface area (Å²) >= 11 is 6.71. The molecule has 2 atom stereocenters. The number of aromatic hydroxyl groups is 1. The second kappa shape index (κ2) is 9.67. The van der Waals surface area contributed by atoms with Gasteiger partial charge in [0.05, 0.1) is 11.6 Å². The molecule has 1 aromatic carbocycles. The van der Waals surface area contributed by atoms with Crippen LogP contribution in [0.1, 0.15) is 30.6 Å². The van der Waals surface area contributed by atoms with Crippen molar-refractivity contribution in [3.63, 3.8) is 0 Å². The first kappa shape index (κ1) is 27.2. The van der Waals surface area contributed by atoms with Crippen LogP contribution in [-0.4, -0.2) is 106 Å². The summed E-state index contributed by atoms with van der Waals surface area (Å²) in [6.07, 6.45) is -0.375. The SMILES string of the molecule is CN(C)[C@H]1CN(c2nc(-c3c(F)ccc(F)c3O)c(Cl)c3c2C(=O)N2CCN(C(=O)O)C[C@@H]2CO3)C(C)(C)C1. The largest absolute Gasteiger partial charge is 0.504 e. The number of likely N-dealkylation sites (N-methyl/N-ethyl adjacent to an activating group) is 1. The molecule has 1 aromatic heterocycles. The first-order chi connectivity index (χ1) is 18.3. The fourth-order valence-corrected chi connectivity index (χ4v) is 5.96. The van der Waals surface area contributed by atoms with Gasteiger partial charge in [0.1, 0.15) is 34.5 Å². The Hall–Kier alpha value is -3.38. The number of carbonyl (C=O) groups excluding carboxylic acids is 1. The molecule has 3 aliphatic heterocycles. The van der Waals surface area contributed by atoms with Crippen molar-refractivity contribution in [1.29, 1.82) is 0 Å². The van der Waals surface area contributed by atoms with Crippen LogP contribution in [-0.2, 0) is 0 Å². The Morgan fingerprint density at radius 2 is 1.87 bits per heavy atom. The number of phenols is 1. The van der Waals surface area contributed by atoms with Crippen molar-refractivity contribution >= 4 is 29.4 Å². The number of amides is 2. The highest BCUT2D eigenvalue weighted by molar-refractivity contribution is 6.35. The third-order valence-corrected chi connectivity index (χ3v) is 8.23. The number of fused-ring (bicyclic) bond motifs is 2. The fraction of sp³-hybridized carbons (Fsp3) is 0.500. The number of hydrogen-bond acceptors (Lipinski definition) is 7. The van der Waals surface area contributed by atoms with Gasteiger partial charge in [-0.05, 0) is 46.5 Å². The summed E-state index contributed by atoms with van der Waals surface area (Å²) in [5.41, 5.74) is -1.24. The molecule has 3 aliphatic rings. The fourth-order valence-electron chi connectivity index (χ4n) is 5.68. The van der Waals surface area contributed by atoms with E-state index in [1.54, 1.807) is 4.90 Å². The zero-order chi connectivity index (χ0) is 28.4. The van der Waals surface area contributed by atoms with Crippen LogP contribution in [0.4, 0.5) is 19.4 Å². The van der Waals surface area contributed by atoms with E-state index in [1.165, 1.54) is 4.90 Å². The van der Waals surface area contributed by atoms with Crippen molar-refractivity contribution < 1.29 is 33.3 Å². The third-order valence-electron chi connectivity index (χ3n) is 7.88. The lowest BCUT2D eigenvalue weighted by atomic mass is 9.99. The maximum Gasteiger partial charge on any atom is 0.407 e. The van der Waals surface area contributed by atoms with Gasteiger partial charge in [0.15, 0.2) is 17.3 Å². The van der Waals surface area contributed by atoms with Crippen LogP contribution in [0.2, 0.25) is 5.02 Å². The molecule has 2 N–H and O–H groups in total. The number of hydrogen-bond donors (Lipinski definition) is 2. The molecule has 2 fully saturated rings. The molecule has 13 heteroatoms. The van der Waals surface area contributed by atoms with Gasteiger partial charge in [0.2, 0.25) is 0 Å². The summed E-state index contributed by atoms with van der Waals surface area (Å²) in [6.45, 7) is 4.70. The summed E-state index contributed by atoms with van der Waals surface area (Å²) in [4.78, 5) is 37.1. The summed E-state index contributed by atoms with van der Waals surface area (Å²) in [6, 6.07) is 1.17. The van der Waals surface area contributed by atoms with Crippen LogP contribution < -0.4 is 9.64 Å². The Kier molecular flexibility index (Phi) is 6.74. The Bertz CT molecular complexity index is 1360. The van der Waals surface area contributed by atoms with Crippen LogP contribution in [0.15, 0.2) is 12.1 Å². The van der Waals surface area contributed by atoms with Gasteiger partial charge in [-0.1, -0.05) is 11.6 Å². The molecule has 0 unspecified atom stereocenters. The van der Waals surface area contributed by atoms with Gasteiger partial charge < -0.3 is 34.5 Å². The molecule has 39 heavy (non-hydrogen) atoms. The first-order valence-electron chi connectivity index (χ1n) is 12.6. The first-order valence-corrected chi connectivity index (χ1v) is 13.0. The van der Waals surface area contributed by atoms with Gasteiger partial charge in [0.25, 0.3) is 5.91 Å². The lowest BCUT2D eigenvalue weighted by Gasteiger charge is -2.39. The molecule has 0 spiro atoms. The second-order valence-corrected chi connectivity index (χ2v) is 11.4. The van der Waals surface area contributed by atoms with Crippen molar-refractivity contribution in [2.75, 3.05) is 51.8 Å². The third kappa shape index (κ3) is 4.49. The monoisotopic (exact) mass is 565 g/mol. The lowest BCUT2D eigenvalue weighted by molar-refractivity contribution is 0.0390. The van der Waals surface area contributed by atoms with Crippen LogP contribution in [0, 0.1) is 11.6 Å². The van der Waals surface area contributed by atoms with Crippen molar-refractivity contribution in [3.05, 3.63) is 34.4 Å². The second-order valence-electron chi connectivity index (χ2n) is 11.0. The Labute approximate surface area is 229 Å². The topological polar surface area (TPSA) is 110 Å². The Morgan fingerprint density at radius 1 is 1.18 bits per heavy atom. The van der Waals surface area contributed by atoms with E-state index in [-0.39, 0.29) is 60.1 Å². The highest BCUT2D eigenvalue weighted by atomic mass is 35.5. The number of ether oxygens (including phenoxy) is 1. The smallest absolute Gasteiger partial charge is 0.407 e. The minimum atomic E-state index is -1.10. The molecule has 4 heterocycles. The van der Waals surface area contributed by atoms with Crippen molar-refractivity contribution in [3.8, 4) is 22.8 Å². The molecule has 0 radical (unpaired) electrons. The molecule has 210 valence electrons. The lowest BCUT2D eigenvalue weighted by Crippen LogP contribution is -2.57. The van der Waals surface area contributed by atoms with Crippen LogP contribution in [0.25, 0.3) is 11.3 Å². The number of halogens is 3. The highest BCUT2D eigenvalue weighted by Crippen LogP contribution is 2.48. The van der Waals surface area contributed by atoms with Crippen molar-refractivity contribution in [1.82, 2.24) is 19.7 Å². The molecular formula is C26H30ClF2N5O5. The molecule has 0 aliphatic carbocycles. The van der Waals surface area contributed by atoms with Gasteiger partial charge in [0, 0.05) is 37.8 Å². The number of aromatic nitrogens is 1. The van der Waals surface area contributed by atoms with Gasteiger partial charge in [-0.2, -0.15) is 0 Å². The minimum absolute atomic E-state index is 0.0412. The molecule has 10 nitrogen and oxygen atoms in total. The molecule has 2 amide bonds. The number of rotatable bonds is 3. The summed E-state index contributed by atoms with van der Waals surface area (Å²) in [5, 5.41) is 19.7. The zero-order valence-corrected chi connectivity index (χ0v) is 22.8. The number of pyridine rings is 1. The number of benzene rings is 1. The quantitative estimate of drug-likeness (QED) is 0.582. The number of nitrogens with zero attached hydrogens (tertiary/aromatic N) is 5. The average molecular weight is 566 g/mol. The highest BCUT2D eigenvalue weighted by Gasteiger charge is 2.46. The van der Waals surface area contributed by atoms with E-state index in [1.807, 2.05) is 32.8 Å². The standard InChI is InChI=1S/C26H30ClF2N5O5/c1-26(2)9-13(31(3)4)11-34(26)23-18-22(19(27)20(30-23)17-15(28)5-6-16(29)21(17)35)39-12-14-10-32(25(37)38)7-8-33(14)24(18)36/h5-6,13-14,35H,7-12H2,1-4H3,(H,37,38)/t13-,14-/m1/s1. The molecule has 2 aromatic rings. The summed E-state index contributed by atoms with van der Waals surface area (Å²) in [5.74, 6) is -3.30. The van der Waals surface area contributed by atoms with E-state index < -0.39 is 46.5 Å². The molecular weight excluding hydrogens is 536 g/mol. The minimum Gasteiger partial charge on any atom is -0.504 e. The normalized spacial score (nSPS) is 22.5. The van der Waals surface area contributed by atoms with E-state index in [2.05, 4.69) is 9.88 Å². The van der Waals surface area contributed by atoms with Crippen molar-refractivity contribution in [2.45, 2.75) is 37.9 Å². The molecule has 2 saturated heterocycles. The maximum absolute atomic E-state index is 15.1. The van der Waals surface area contributed by atoms with Gasteiger partial charge >= 0.3 is 6.09 Å². The number of phenolic OH excluding ortho intramolecular Hbond substituents is 1. The van der Waals surface area contributed by atoms with Crippen molar-refractivity contribution in [2.24, 2.45) is 0 Å². The average Bonchev–Trinajstić information content (AvgIpc) is 3.12. The van der Waals surface area contributed by atoms with Gasteiger partial charge in [-0.15, -0.1) is 0 Å². The number of carboxylic acid groups (broad SMARTS) is 1.